The highest BCUT2D eigenvalue weighted by atomic mass is 14.3. The minimum atomic E-state index is 0.637. The summed E-state index contributed by atoms with van der Waals surface area (Å²) in [7, 11) is 0. The van der Waals surface area contributed by atoms with Crippen molar-refractivity contribution in [1.82, 2.24) is 0 Å². The van der Waals surface area contributed by atoms with E-state index in [1.54, 1.807) is 0 Å². The van der Waals surface area contributed by atoms with Gasteiger partial charge in [-0.25, -0.2) is 0 Å². The van der Waals surface area contributed by atoms with Gasteiger partial charge in [0.05, 0.1) is 0 Å². The third kappa shape index (κ3) is 1.54. The van der Waals surface area contributed by atoms with Crippen LogP contribution in [-0.2, 0) is 0 Å². The summed E-state index contributed by atoms with van der Waals surface area (Å²) in [6, 6.07) is 8.79. The normalized spacial score (nSPS) is 28.0. The molecule has 0 fully saturated rings. The van der Waals surface area contributed by atoms with Crippen molar-refractivity contribution >= 4 is 6.08 Å². The molecular formula is C15H16. The summed E-state index contributed by atoms with van der Waals surface area (Å²) >= 11 is 0. The maximum absolute atomic E-state index is 2.42. The number of hydrogen-bond acceptors (Lipinski definition) is 0. The Morgan fingerprint density at radius 1 is 1.07 bits per heavy atom. The SMILES string of the molecule is C1=CC(C2C=Cc3ccccc32)CCC1. The van der Waals surface area contributed by atoms with E-state index in [2.05, 4.69) is 48.6 Å². The molecule has 0 nitrogen and oxygen atoms in total. The van der Waals surface area contributed by atoms with Crippen LogP contribution in [0.4, 0.5) is 0 Å². The molecule has 3 rings (SSSR count). The second kappa shape index (κ2) is 3.69. The van der Waals surface area contributed by atoms with Gasteiger partial charge in [0.2, 0.25) is 0 Å². The zero-order valence-electron chi connectivity index (χ0n) is 8.89. The van der Waals surface area contributed by atoms with Crippen LogP contribution in [0, 0.1) is 5.92 Å². The standard InChI is InChI=1S/C15H16/c1-2-6-12(7-3-1)15-11-10-13-8-4-5-9-14(13)15/h2,4-6,8-12,15H,1,3,7H2. The van der Waals surface area contributed by atoms with E-state index in [0.29, 0.717) is 5.92 Å². The largest absolute Gasteiger partial charge is 0.0882 e. The molecule has 0 heterocycles. The minimum absolute atomic E-state index is 0.637. The van der Waals surface area contributed by atoms with Gasteiger partial charge in [0.15, 0.2) is 0 Å². The molecule has 0 saturated carbocycles. The zero-order valence-corrected chi connectivity index (χ0v) is 8.89. The number of allylic oxidation sites excluding steroid dienone is 3. The second-order valence-corrected chi connectivity index (χ2v) is 4.54. The monoisotopic (exact) mass is 196 g/mol. The van der Waals surface area contributed by atoms with E-state index in [1.807, 2.05) is 0 Å². The molecule has 0 spiro atoms. The Morgan fingerprint density at radius 3 is 2.87 bits per heavy atom. The van der Waals surface area contributed by atoms with E-state index in [0.717, 1.165) is 5.92 Å². The summed E-state index contributed by atoms with van der Waals surface area (Å²) < 4.78 is 0. The van der Waals surface area contributed by atoms with Gasteiger partial charge in [0.25, 0.3) is 0 Å². The number of hydrogen-bond donors (Lipinski definition) is 0. The Labute approximate surface area is 91.3 Å². The summed E-state index contributed by atoms with van der Waals surface area (Å²) in [6.45, 7) is 0. The van der Waals surface area contributed by atoms with Crippen molar-refractivity contribution < 1.29 is 0 Å². The van der Waals surface area contributed by atoms with E-state index in [4.69, 9.17) is 0 Å². The van der Waals surface area contributed by atoms with Gasteiger partial charge in [-0.2, -0.15) is 0 Å². The fraction of sp³-hybridized carbons (Fsp3) is 0.333. The van der Waals surface area contributed by atoms with Crippen LogP contribution < -0.4 is 0 Å². The fourth-order valence-electron chi connectivity index (χ4n) is 2.79. The lowest BCUT2D eigenvalue weighted by molar-refractivity contribution is 0.501. The van der Waals surface area contributed by atoms with Gasteiger partial charge in [-0.15, -0.1) is 0 Å². The van der Waals surface area contributed by atoms with Crippen molar-refractivity contribution in [3.63, 3.8) is 0 Å². The van der Waals surface area contributed by atoms with Crippen LogP contribution in [0.5, 0.6) is 0 Å². The van der Waals surface area contributed by atoms with Crippen molar-refractivity contribution in [2.75, 3.05) is 0 Å². The fourth-order valence-corrected chi connectivity index (χ4v) is 2.79. The zero-order chi connectivity index (χ0) is 10.1. The van der Waals surface area contributed by atoms with E-state index < -0.39 is 0 Å². The van der Waals surface area contributed by atoms with Crippen molar-refractivity contribution in [3.8, 4) is 0 Å². The van der Waals surface area contributed by atoms with Gasteiger partial charge in [0, 0.05) is 5.92 Å². The third-order valence-corrected chi connectivity index (χ3v) is 3.59. The number of rotatable bonds is 1. The van der Waals surface area contributed by atoms with Crippen molar-refractivity contribution in [1.29, 1.82) is 0 Å². The third-order valence-electron chi connectivity index (χ3n) is 3.59. The lowest BCUT2D eigenvalue weighted by atomic mass is 9.82. The Hall–Kier alpha value is -1.30. The molecule has 0 saturated heterocycles. The quantitative estimate of drug-likeness (QED) is 0.592. The first-order chi connectivity index (χ1) is 7.45. The minimum Gasteiger partial charge on any atom is -0.0882 e. The van der Waals surface area contributed by atoms with Crippen LogP contribution in [0.1, 0.15) is 36.3 Å². The Balaban J connectivity index is 1.93. The molecule has 0 bridgehead atoms. The lowest BCUT2D eigenvalue weighted by Gasteiger charge is -2.23. The van der Waals surface area contributed by atoms with Crippen LogP contribution in [0.25, 0.3) is 6.08 Å². The average molecular weight is 196 g/mol. The van der Waals surface area contributed by atoms with Crippen LogP contribution in [0.15, 0.2) is 42.5 Å². The summed E-state index contributed by atoms with van der Waals surface area (Å²) in [4.78, 5) is 0. The van der Waals surface area contributed by atoms with Crippen molar-refractivity contribution in [2.24, 2.45) is 5.92 Å². The van der Waals surface area contributed by atoms with Gasteiger partial charge in [-0.05, 0) is 36.3 Å². The summed E-state index contributed by atoms with van der Waals surface area (Å²) in [5, 5.41) is 0. The highest BCUT2D eigenvalue weighted by molar-refractivity contribution is 5.62. The number of fused-ring (bicyclic) bond motifs is 1. The maximum atomic E-state index is 2.42. The van der Waals surface area contributed by atoms with Crippen LogP contribution >= 0.6 is 0 Å². The topological polar surface area (TPSA) is 0 Å². The van der Waals surface area contributed by atoms with Crippen LogP contribution in [0.2, 0.25) is 0 Å². The molecule has 1 aromatic rings. The second-order valence-electron chi connectivity index (χ2n) is 4.54. The molecule has 1 aromatic carbocycles. The van der Waals surface area contributed by atoms with Crippen LogP contribution in [-0.4, -0.2) is 0 Å². The molecule has 2 unspecified atom stereocenters. The summed E-state index contributed by atoms with van der Waals surface area (Å²) in [5.41, 5.74) is 2.94. The van der Waals surface area contributed by atoms with Gasteiger partial charge in [0.1, 0.15) is 0 Å². The smallest absolute Gasteiger partial charge is 0.00900 e. The van der Waals surface area contributed by atoms with Crippen LogP contribution in [0.3, 0.4) is 0 Å². The molecule has 2 aliphatic carbocycles. The Morgan fingerprint density at radius 2 is 2.00 bits per heavy atom. The first-order valence-corrected chi connectivity index (χ1v) is 5.89. The molecular weight excluding hydrogens is 180 g/mol. The van der Waals surface area contributed by atoms with Gasteiger partial charge < -0.3 is 0 Å². The summed E-state index contributed by atoms with van der Waals surface area (Å²) in [5.74, 6) is 1.37. The van der Waals surface area contributed by atoms with Crippen molar-refractivity contribution in [2.45, 2.75) is 25.2 Å². The van der Waals surface area contributed by atoms with Gasteiger partial charge in [-0.3, -0.25) is 0 Å². The Bertz CT molecular complexity index is 412. The molecule has 15 heavy (non-hydrogen) atoms. The van der Waals surface area contributed by atoms with E-state index in [9.17, 15) is 0 Å². The maximum Gasteiger partial charge on any atom is 0.00900 e. The molecule has 2 aliphatic rings. The predicted octanol–water partition coefficient (Wildman–Crippen LogP) is 4.15. The molecule has 0 heteroatoms. The average Bonchev–Trinajstić information content (AvgIpc) is 2.74. The van der Waals surface area contributed by atoms with Gasteiger partial charge >= 0.3 is 0 Å². The predicted molar refractivity (Wildman–Crippen MR) is 64.7 cm³/mol. The highest BCUT2D eigenvalue weighted by Gasteiger charge is 2.24. The Kier molecular flexibility index (Phi) is 2.21. The highest BCUT2D eigenvalue weighted by Crippen LogP contribution is 2.39. The van der Waals surface area contributed by atoms with Gasteiger partial charge in [-0.1, -0.05) is 48.6 Å². The van der Waals surface area contributed by atoms with E-state index in [1.165, 1.54) is 30.4 Å². The molecule has 0 radical (unpaired) electrons. The first-order valence-electron chi connectivity index (χ1n) is 5.89. The van der Waals surface area contributed by atoms with E-state index in [-0.39, 0.29) is 0 Å². The lowest BCUT2D eigenvalue weighted by Crippen LogP contribution is -2.09. The molecule has 2 atom stereocenters. The summed E-state index contributed by atoms with van der Waals surface area (Å²) in [6.07, 6.45) is 13.4. The molecule has 0 aliphatic heterocycles. The molecule has 0 aromatic heterocycles. The molecule has 0 amide bonds. The molecule has 76 valence electrons. The first kappa shape index (κ1) is 8.96. The van der Waals surface area contributed by atoms with E-state index >= 15 is 0 Å². The number of benzene rings is 1. The van der Waals surface area contributed by atoms with Crippen molar-refractivity contribution in [3.05, 3.63) is 53.6 Å². The molecule has 0 N–H and O–H groups in total.